The number of benzene rings is 3. The Balaban J connectivity index is 1.94. The van der Waals surface area contributed by atoms with Gasteiger partial charge in [-0.25, -0.2) is 4.99 Å². The number of hydrogen-bond donors (Lipinski definition) is 0. The number of carbonyl (C=O) groups is 1. The molecule has 0 unspecified atom stereocenters. The van der Waals surface area contributed by atoms with Crippen LogP contribution in [0.15, 0.2) is 77.8 Å². The highest BCUT2D eigenvalue weighted by Crippen LogP contribution is 2.41. The number of amidine groups is 1. The normalized spacial score (nSPS) is 15.5. The summed E-state index contributed by atoms with van der Waals surface area (Å²) in [7, 11) is 1.38. The molecule has 0 N–H and O–H groups in total. The van der Waals surface area contributed by atoms with Crippen LogP contribution in [0.3, 0.4) is 0 Å². The van der Waals surface area contributed by atoms with Gasteiger partial charge in [0.05, 0.1) is 18.8 Å². The van der Waals surface area contributed by atoms with E-state index in [0.717, 1.165) is 22.4 Å². The molecule has 0 aromatic heterocycles. The molecule has 0 saturated heterocycles. The number of nitrogens with zero attached hydrogens (tertiary/aromatic N) is 2. The minimum absolute atomic E-state index is 0.0451. The molecular weight excluding hydrogens is 407 g/mol. The molecule has 0 fully saturated rings. The van der Waals surface area contributed by atoms with Crippen molar-refractivity contribution in [3.05, 3.63) is 99.5 Å². The lowest BCUT2D eigenvalue weighted by molar-refractivity contribution is -0.141. The van der Waals surface area contributed by atoms with Crippen LogP contribution in [0.5, 0.6) is 0 Å². The predicted octanol–water partition coefficient (Wildman–Crippen LogP) is 5.65. The lowest BCUT2D eigenvalue weighted by Crippen LogP contribution is -2.42. The summed E-state index contributed by atoms with van der Waals surface area (Å²) in [6.45, 7) is 0.0451. The van der Waals surface area contributed by atoms with Crippen molar-refractivity contribution in [2.75, 3.05) is 13.7 Å². The van der Waals surface area contributed by atoms with Gasteiger partial charge >= 0.3 is 5.97 Å². The van der Waals surface area contributed by atoms with Gasteiger partial charge in [0.1, 0.15) is 12.4 Å². The molecule has 0 spiro atoms. The van der Waals surface area contributed by atoms with Crippen molar-refractivity contribution in [2.45, 2.75) is 6.04 Å². The van der Waals surface area contributed by atoms with Crippen LogP contribution in [0, 0.1) is 0 Å². The van der Waals surface area contributed by atoms with Crippen molar-refractivity contribution >= 4 is 40.7 Å². The van der Waals surface area contributed by atoms with Crippen molar-refractivity contribution in [3.8, 4) is 0 Å². The quantitative estimate of drug-likeness (QED) is 0.508. The maximum absolute atomic E-state index is 12.3. The monoisotopic (exact) mass is 424 g/mol. The summed E-state index contributed by atoms with van der Waals surface area (Å²) in [5, 5.41) is 1.25. The summed E-state index contributed by atoms with van der Waals surface area (Å²) in [5.41, 5.74) is 3.64. The molecule has 146 valence electrons. The van der Waals surface area contributed by atoms with Gasteiger partial charge in [-0.15, -0.1) is 0 Å². The number of carbonyl (C=O) groups excluding carboxylic acids is 1. The molecule has 1 atom stereocenters. The summed E-state index contributed by atoms with van der Waals surface area (Å²) in [6, 6.07) is 22.8. The molecule has 0 aliphatic carbocycles. The zero-order chi connectivity index (χ0) is 20.4. The highest BCUT2D eigenvalue weighted by Gasteiger charge is 2.33. The molecule has 0 amide bonds. The standard InChI is InChI=1S/C23H18Cl2N2O2/c1-29-21(28)14-27-22(15-5-3-2-4-6-15)19-13-18(25)11-12-20(19)26-23(27)16-7-9-17(24)10-8-16/h2-13,22H,14H2,1H3/t22-/m0/s1. The number of fused-ring (bicyclic) bond motifs is 1. The minimum atomic E-state index is -0.349. The second kappa shape index (κ2) is 8.27. The molecular formula is C23H18Cl2N2O2. The van der Waals surface area contributed by atoms with E-state index in [4.69, 9.17) is 32.9 Å². The van der Waals surface area contributed by atoms with Gasteiger partial charge in [-0.2, -0.15) is 0 Å². The van der Waals surface area contributed by atoms with Gasteiger partial charge in [-0.1, -0.05) is 53.5 Å². The first-order chi connectivity index (χ1) is 14.1. The van der Waals surface area contributed by atoms with Gasteiger partial charge in [0.15, 0.2) is 0 Å². The number of esters is 1. The van der Waals surface area contributed by atoms with E-state index in [-0.39, 0.29) is 18.6 Å². The highest BCUT2D eigenvalue weighted by atomic mass is 35.5. The van der Waals surface area contributed by atoms with Crippen molar-refractivity contribution in [2.24, 2.45) is 4.99 Å². The van der Waals surface area contributed by atoms with E-state index in [1.165, 1.54) is 7.11 Å². The molecule has 1 heterocycles. The van der Waals surface area contributed by atoms with E-state index in [9.17, 15) is 4.79 Å². The van der Waals surface area contributed by atoms with Gasteiger partial charge in [0, 0.05) is 21.2 Å². The minimum Gasteiger partial charge on any atom is -0.468 e. The first kappa shape index (κ1) is 19.5. The maximum atomic E-state index is 12.3. The zero-order valence-electron chi connectivity index (χ0n) is 15.7. The van der Waals surface area contributed by atoms with Crippen LogP contribution in [0.1, 0.15) is 22.7 Å². The fraction of sp³-hybridized carbons (Fsp3) is 0.130. The second-order valence-electron chi connectivity index (χ2n) is 6.66. The smallest absolute Gasteiger partial charge is 0.325 e. The van der Waals surface area contributed by atoms with Gasteiger partial charge in [-0.05, 0) is 48.0 Å². The molecule has 0 bridgehead atoms. The van der Waals surface area contributed by atoms with E-state index in [2.05, 4.69) is 0 Å². The third-order valence-corrected chi connectivity index (χ3v) is 5.33. The van der Waals surface area contributed by atoms with E-state index in [1.807, 2.05) is 77.7 Å². The Hall–Kier alpha value is -2.82. The van der Waals surface area contributed by atoms with E-state index >= 15 is 0 Å². The number of hydrogen-bond acceptors (Lipinski definition) is 4. The molecule has 4 rings (SSSR count). The SMILES string of the molecule is COC(=O)CN1C(c2ccc(Cl)cc2)=Nc2ccc(Cl)cc2[C@@H]1c1ccccc1. The topological polar surface area (TPSA) is 41.9 Å². The number of halogens is 2. The first-order valence-electron chi connectivity index (χ1n) is 9.09. The van der Waals surface area contributed by atoms with Crippen LogP contribution < -0.4 is 0 Å². The van der Waals surface area contributed by atoms with Gasteiger partial charge in [0.2, 0.25) is 0 Å². The summed E-state index contributed by atoms with van der Waals surface area (Å²) in [5.74, 6) is 0.328. The molecule has 1 aliphatic rings. The lowest BCUT2D eigenvalue weighted by Gasteiger charge is -2.38. The molecule has 1 aliphatic heterocycles. The number of aliphatic imine (C=N–C) groups is 1. The van der Waals surface area contributed by atoms with E-state index < -0.39 is 0 Å². The maximum Gasteiger partial charge on any atom is 0.325 e. The number of ether oxygens (including phenoxy) is 1. The van der Waals surface area contributed by atoms with Crippen molar-refractivity contribution in [3.63, 3.8) is 0 Å². The van der Waals surface area contributed by atoms with Crippen LogP contribution in [0.25, 0.3) is 0 Å². The summed E-state index contributed by atoms with van der Waals surface area (Å²) in [6.07, 6.45) is 0. The van der Waals surface area contributed by atoms with Crippen LogP contribution in [0.2, 0.25) is 10.0 Å². The van der Waals surface area contributed by atoms with Crippen molar-refractivity contribution in [1.82, 2.24) is 4.90 Å². The lowest BCUT2D eigenvalue weighted by atomic mass is 9.93. The Bertz CT molecular complexity index is 1070. The Morgan fingerprint density at radius 1 is 1.00 bits per heavy atom. The number of rotatable bonds is 4. The van der Waals surface area contributed by atoms with Gasteiger partial charge < -0.3 is 9.64 Å². The Kier molecular flexibility index (Phi) is 5.56. The van der Waals surface area contributed by atoms with Gasteiger partial charge in [-0.3, -0.25) is 4.79 Å². The van der Waals surface area contributed by atoms with Crippen LogP contribution in [-0.2, 0) is 9.53 Å². The average Bonchev–Trinajstić information content (AvgIpc) is 2.74. The third-order valence-electron chi connectivity index (χ3n) is 4.84. The third kappa shape index (κ3) is 4.00. The summed E-state index contributed by atoms with van der Waals surface area (Å²) in [4.78, 5) is 19.1. The van der Waals surface area contributed by atoms with Crippen molar-refractivity contribution in [1.29, 1.82) is 0 Å². The highest BCUT2D eigenvalue weighted by molar-refractivity contribution is 6.31. The fourth-order valence-electron chi connectivity index (χ4n) is 3.51. The largest absolute Gasteiger partial charge is 0.468 e. The van der Waals surface area contributed by atoms with E-state index in [0.29, 0.717) is 15.9 Å². The van der Waals surface area contributed by atoms with Crippen LogP contribution in [-0.4, -0.2) is 30.4 Å². The first-order valence-corrected chi connectivity index (χ1v) is 9.85. The Morgan fingerprint density at radius 2 is 1.69 bits per heavy atom. The van der Waals surface area contributed by atoms with Gasteiger partial charge in [0.25, 0.3) is 0 Å². The molecule has 0 saturated carbocycles. The molecule has 6 heteroatoms. The summed E-state index contributed by atoms with van der Waals surface area (Å²) >= 11 is 12.4. The Labute approximate surface area is 179 Å². The molecule has 3 aromatic rings. The molecule has 4 nitrogen and oxygen atoms in total. The molecule has 29 heavy (non-hydrogen) atoms. The zero-order valence-corrected chi connectivity index (χ0v) is 17.2. The molecule has 3 aromatic carbocycles. The predicted molar refractivity (Wildman–Crippen MR) is 116 cm³/mol. The van der Waals surface area contributed by atoms with Crippen LogP contribution >= 0.6 is 23.2 Å². The van der Waals surface area contributed by atoms with Crippen molar-refractivity contribution < 1.29 is 9.53 Å². The van der Waals surface area contributed by atoms with E-state index in [1.54, 1.807) is 0 Å². The van der Waals surface area contributed by atoms with Crippen LogP contribution in [0.4, 0.5) is 5.69 Å². The molecule has 0 radical (unpaired) electrons. The summed E-state index contributed by atoms with van der Waals surface area (Å²) < 4.78 is 4.97. The second-order valence-corrected chi connectivity index (χ2v) is 7.54. The number of methoxy groups -OCH3 is 1. The Morgan fingerprint density at radius 3 is 2.38 bits per heavy atom. The average molecular weight is 425 g/mol. The fourth-order valence-corrected chi connectivity index (χ4v) is 3.82.